The van der Waals surface area contributed by atoms with Gasteiger partial charge in [0.05, 0.1) is 11.1 Å². The molecular formula is C32H25F3N2O3. The predicted molar refractivity (Wildman–Crippen MR) is 147 cm³/mol. The van der Waals surface area contributed by atoms with E-state index in [1.807, 2.05) is 60.3 Å². The zero-order chi connectivity index (χ0) is 28.4. The summed E-state index contributed by atoms with van der Waals surface area (Å²) in [6.45, 7) is 0.191. The summed E-state index contributed by atoms with van der Waals surface area (Å²) < 4.78 is 41.1. The summed E-state index contributed by atoms with van der Waals surface area (Å²) in [6.07, 6.45) is -2.17. The van der Waals surface area contributed by atoms with Crippen LogP contribution in [-0.4, -0.2) is 21.6 Å². The number of fused-ring (bicyclic) bond motifs is 1. The van der Waals surface area contributed by atoms with Crippen molar-refractivity contribution in [1.82, 2.24) is 9.88 Å². The van der Waals surface area contributed by atoms with Crippen molar-refractivity contribution < 1.29 is 27.9 Å². The Morgan fingerprint density at radius 2 is 1.50 bits per heavy atom. The van der Waals surface area contributed by atoms with Crippen molar-refractivity contribution in [2.75, 3.05) is 0 Å². The fourth-order valence-electron chi connectivity index (χ4n) is 4.79. The Kier molecular flexibility index (Phi) is 7.17. The highest BCUT2D eigenvalue weighted by Crippen LogP contribution is 2.33. The number of rotatable bonds is 7. The van der Waals surface area contributed by atoms with Gasteiger partial charge in [-0.3, -0.25) is 4.79 Å². The fraction of sp³-hybridized carbons (Fsp3) is 0.125. The number of benzene rings is 4. The molecule has 0 atom stereocenters. The lowest BCUT2D eigenvalue weighted by Crippen LogP contribution is -2.23. The Morgan fingerprint density at radius 3 is 2.12 bits per heavy atom. The first-order valence-corrected chi connectivity index (χ1v) is 12.5. The maximum atomic E-state index is 13.6. The van der Waals surface area contributed by atoms with Crippen LogP contribution in [0.2, 0.25) is 0 Å². The summed E-state index contributed by atoms with van der Waals surface area (Å²) >= 11 is 0. The van der Waals surface area contributed by atoms with E-state index in [1.54, 1.807) is 12.1 Å². The van der Waals surface area contributed by atoms with Gasteiger partial charge in [-0.05, 0) is 70.6 Å². The minimum atomic E-state index is -4.41. The average Bonchev–Trinajstić information content (AvgIpc) is 3.26. The van der Waals surface area contributed by atoms with E-state index in [0.29, 0.717) is 17.5 Å². The molecule has 1 amide bonds. The van der Waals surface area contributed by atoms with Gasteiger partial charge in [0.25, 0.3) is 5.91 Å². The third-order valence-electron chi connectivity index (χ3n) is 6.85. The highest BCUT2D eigenvalue weighted by atomic mass is 19.4. The van der Waals surface area contributed by atoms with Gasteiger partial charge in [-0.15, -0.1) is 0 Å². The van der Waals surface area contributed by atoms with Crippen molar-refractivity contribution in [3.8, 4) is 11.1 Å². The number of carboxylic acids is 1. The molecule has 5 rings (SSSR count). The Labute approximate surface area is 228 Å². The molecule has 5 nitrogen and oxygen atoms in total. The Bertz CT molecular complexity index is 1690. The van der Waals surface area contributed by atoms with Crippen LogP contribution in [0.1, 0.15) is 43.0 Å². The van der Waals surface area contributed by atoms with Crippen LogP contribution in [0.5, 0.6) is 0 Å². The Morgan fingerprint density at radius 1 is 0.850 bits per heavy atom. The SMILES string of the molecule is Cn1cc(Cc2ccc(C(F)(F)F)cc2)c2c(C(=O)NCc3ccc(C(=O)O)cc3)cc(-c3ccccc3)cc21. The van der Waals surface area contributed by atoms with E-state index in [1.165, 1.54) is 24.3 Å². The van der Waals surface area contributed by atoms with Gasteiger partial charge in [0.1, 0.15) is 0 Å². The molecule has 202 valence electrons. The minimum absolute atomic E-state index is 0.157. The van der Waals surface area contributed by atoms with E-state index in [9.17, 15) is 22.8 Å². The molecule has 0 unspecified atom stereocenters. The zero-order valence-electron chi connectivity index (χ0n) is 21.5. The normalized spacial score (nSPS) is 11.5. The van der Waals surface area contributed by atoms with Gasteiger partial charge < -0.3 is 15.0 Å². The van der Waals surface area contributed by atoms with Crippen molar-refractivity contribution in [1.29, 1.82) is 0 Å². The number of nitrogens with one attached hydrogen (secondary N) is 1. The van der Waals surface area contributed by atoms with Gasteiger partial charge >= 0.3 is 12.1 Å². The van der Waals surface area contributed by atoms with Crippen LogP contribution in [0.15, 0.2) is 97.2 Å². The molecule has 5 aromatic rings. The molecule has 4 aromatic carbocycles. The molecule has 0 fully saturated rings. The number of amides is 1. The van der Waals surface area contributed by atoms with E-state index in [4.69, 9.17) is 5.11 Å². The van der Waals surface area contributed by atoms with Crippen LogP contribution in [0.4, 0.5) is 13.2 Å². The maximum absolute atomic E-state index is 13.6. The highest BCUT2D eigenvalue weighted by molar-refractivity contribution is 6.09. The number of alkyl halides is 3. The molecule has 0 aliphatic heterocycles. The number of carboxylic acid groups (broad SMARTS) is 1. The molecule has 2 N–H and O–H groups in total. The second-order valence-electron chi connectivity index (χ2n) is 9.61. The van der Waals surface area contributed by atoms with E-state index in [0.717, 1.165) is 45.3 Å². The van der Waals surface area contributed by atoms with Crippen LogP contribution >= 0.6 is 0 Å². The summed E-state index contributed by atoms with van der Waals surface area (Å²) in [5.74, 6) is -1.34. The van der Waals surface area contributed by atoms with Crippen LogP contribution in [-0.2, 0) is 26.2 Å². The van der Waals surface area contributed by atoms with Gasteiger partial charge in [-0.2, -0.15) is 13.2 Å². The Balaban J connectivity index is 1.53. The largest absolute Gasteiger partial charge is 0.478 e. The van der Waals surface area contributed by atoms with Crippen molar-refractivity contribution in [3.63, 3.8) is 0 Å². The fourth-order valence-corrected chi connectivity index (χ4v) is 4.79. The van der Waals surface area contributed by atoms with Crippen molar-refractivity contribution in [2.24, 2.45) is 7.05 Å². The zero-order valence-corrected chi connectivity index (χ0v) is 21.5. The third kappa shape index (κ3) is 5.61. The number of halogens is 3. The first-order chi connectivity index (χ1) is 19.1. The van der Waals surface area contributed by atoms with Crippen LogP contribution < -0.4 is 5.32 Å². The van der Waals surface area contributed by atoms with Crippen LogP contribution in [0, 0.1) is 0 Å². The predicted octanol–water partition coefficient (Wildman–Crippen LogP) is 7.08. The molecule has 0 saturated heterocycles. The molecule has 8 heteroatoms. The third-order valence-corrected chi connectivity index (χ3v) is 6.85. The number of hydrogen-bond donors (Lipinski definition) is 2. The maximum Gasteiger partial charge on any atom is 0.416 e. The summed E-state index contributed by atoms with van der Waals surface area (Å²) in [6, 6.07) is 24.8. The first kappa shape index (κ1) is 26.7. The molecule has 0 saturated carbocycles. The lowest BCUT2D eigenvalue weighted by atomic mass is 9.95. The van der Waals surface area contributed by atoms with Gasteiger partial charge in [-0.1, -0.05) is 54.6 Å². The molecule has 0 aliphatic carbocycles. The van der Waals surface area contributed by atoms with E-state index >= 15 is 0 Å². The lowest BCUT2D eigenvalue weighted by molar-refractivity contribution is -0.137. The van der Waals surface area contributed by atoms with Gasteiger partial charge in [-0.25, -0.2) is 4.79 Å². The smallest absolute Gasteiger partial charge is 0.416 e. The van der Waals surface area contributed by atoms with E-state index in [2.05, 4.69) is 5.32 Å². The molecule has 40 heavy (non-hydrogen) atoms. The Hall–Kier alpha value is -4.85. The van der Waals surface area contributed by atoms with E-state index in [-0.39, 0.29) is 18.0 Å². The van der Waals surface area contributed by atoms with Gasteiger partial charge in [0.15, 0.2) is 0 Å². The standard InChI is InChI=1S/C32H25F3N2O3/c1-37-19-25(15-20-9-13-26(14-10-20)32(33,34)35)29-27(16-24(17-28(29)37)22-5-3-2-4-6-22)30(38)36-18-21-7-11-23(12-8-21)31(39)40/h2-14,16-17,19H,15,18H2,1H3,(H,36,38)(H,39,40). The molecule has 0 radical (unpaired) electrons. The molecule has 1 aromatic heterocycles. The summed E-state index contributed by atoms with van der Waals surface area (Å²) in [4.78, 5) is 24.8. The van der Waals surface area contributed by atoms with Crippen molar-refractivity contribution in [3.05, 3.63) is 131 Å². The number of aromatic nitrogens is 1. The monoisotopic (exact) mass is 542 g/mol. The number of aromatic carboxylic acids is 1. The van der Waals surface area contributed by atoms with Crippen molar-refractivity contribution >= 4 is 22.8 Å². The highest BCUT2D eigenvalue weighted by Gasteiger charge is 2.30. The first-order valence-electron chi connectivity index (χ1n) is 12.5. The quantitative estimate of drug-likeness (QED) is 0.231. The number of nitrogens with zero attached hydrogens (tertiary/aromatic N) is 1. The molecule has 0 aliphatic rings. The van der Waals surface area contributed by atoms with Crippen molar-refractivity contribution in [2.45, 2.75) is 19.1 Å². The number of aryl methyl sites for hydroxylation is 1. The summed E-state index contributed by atoms with van der Waals surface area (Å²) in [5, 5.41) is 12.8. The molecule has 0 spiro atoms. The number of hydrogen-bond acceptors (Lipinski definition) is 2. The van der Waals surface area contributed by atoms with Gasteiger partial charge in [0.2, 0.25) is 0 Å². The number of carbonyl (C=O) groups is 2. The molecule has 0 bridgehead atoms. The summed E-state index contributed by atoms with van der Waals surface area (Å²) in [5.41, 5.74) is 4.75. The second kappa shape index (κ2) is 10.7. The molecule has 1 heterocycles. The minimum Gasteiger partial charge on any atom is -0.478 e. The average molecular weight is 543 g/mol. The van der Waals surface area contributed by atoms with E-state index < -0.39 is 17.7 Å². The van der Waals surface area contributed by atoms with Crippen LogP contribution in [0.3, 0.4) is 0 Å². The van der Waals surface area contributed by atoms with Gasteiger partial charge in [0, 0.05) is 36.3 Å². The topological polar surface area (TPSA) is 71.3 Å². The molecular weight excluding hydrogens is 517 g/mol. The van der Waals surface area contributed by atoms with Crippen LogP contribution in [0.25, 0.3) is 22.0 Å². The second-order valence-corrected chi connectivity index (χ2v) is 9.61. The summed E-state index contributed by atoms with van der Waals surface area (Å²) in [7, 11) is 1.87. The lowest BCUT2D eigenvalue weighted by Gasteiger charge is -2.12. The number of carbonyl (C=O) groups excluding carboxylic acids is 1.